The summed E-state index contributed by atoms with van der Waals surface area (Å²) >= 11 is 0. The van der Waals surface area contributed by atoms with E-state index in [2.05, 4.69) is 26.1 Å². The molecule has 148 valence electrons. The number of nitrogens with zero attached hydrogens (tertiary/aromatic N) is 1. The Morgan fingerprint density at radius 1 is 1.15 bits per heavy atom. The van der Waals surface area contributed by atoms with Crippen molar-refractivity contribution in [2.75, 3.05) is 23.7 Å². The lowest BCUT2D eigenvalue weighted by Gasteiger charge is -2.34. The minimum Gasteiger partial charge on any atom is -0.492 e. The molecule has 1 rings (SSSR count). The molecule has 0 aliphatic rings. The highest BCUT2D eigenvalue weighted by Crippen LogP contribution is 2.30. The third-order valence-electron chi connectivity index (χ3n) is 3.57. The third-order valence-corrected chi connectivity index (χ3v) is 4.70. The molecule has 26 heavy (non-hydrogen) atoms. The van der Waals surface area contributed by atoms with Gasteiger partial charge in [-0.15, -0.1) is 0 Å². The Kier molecular flexibility index (Phi) is 7.10. The lowest BCUT2D eigenvalue weighted by atomic mass is 9.82. The average Bonchev–Trinajstić information content (AvgIpc) is 2.41. The number of hydrogen-bond acceptors (Lipinski definition) is 4. The van der Waals surface area contributed by atoms with Crippen LogP contribution in [0, 0.1) is 5.41 Å². The first-order valence-corrected chi connectivity index (χ1v) is 10.6. The first-order chi connectivity index (χ1) is 11.7. The maximum atomic E-state index is 12.6. The van der Waals surface area contributed by atoms with Gasteiger partial charge in [0.15, 0.2) is 0 Å². The zero-order chi connectivity index (χ0) is 20.2. The maximum Gasteiger partial charge on any atom is 0.241 e. The van der Waals surface area contributed by atoms with E-state index in [1.54, 1.807) is 24.3 Å². The van der Waals surface area contributed by atoms with Crippen molar-refractivity contribution in [2.24, 2.45) is 5.41 Å². The van der Waals surface area contributed by atoms with E-state index in [1.165, 1.54) is 0 Å². The zero-order valence-electron chi connectivity index (χ0n) is 16.9. The summed E-state index contributed by atoms with van der Waals surface area (Å²) in [5.74, 6) is 0.0816. The Hall–Kier alpha value is -1.76. The van der Waals surface area contributed by atoms with Gasteiger partial charge >= 0.3 is 0 Å². The van der Waals surface area contributed by atoms with E-state index in [1.807, 2.05) is 20.8 Å². The zero-order valence-corrected chi connectivity index (χ0v) is 17.7. The van der Waals surface area contributed by atoms with Gasteiger partial charge in [0, 0.05) is 5.54 Å². The Bertz CT molecular complexity index is 721. The number of nitrogens with one attached hydrogen (secondary N) is 1. The molecule has 0 aliphatic heterocycles. The van der Waals surface area contributed by atoms with Gasteiger partial charge in [-0.1, -0.05) is 32.9 Å². The number of benzene rings is 1. The maximum absolute atomic E-state index is 12.6. The van der Waals surface area contributed by atoms with Crippen LogP contribution in [0.5, 0.6) is 5.75 Å². The van der Waals surface area contributed by atoms with E-state index >= 15 is 0 Å². The van der Waals surface area contributed by atoms with Gasteiger partial charge in [0.1, 0.15) is 12.3 Å². The monoisotopic (exact) mass is 384 g/mol. The number of para-hydroxylation sites is 2. The number of carbonyl (C=O) groups excluding carboxylic acids is 1. The van der Waals surface area contributed by atoms with Gasteiger partial charge < -0.3 is 10.1 Å². The normalized spacial score (nSPS) is 12.6. The Morgan fingerprint density at radius 2 is 1.73 bits per heavy atom. The molecule has 0 spiro atoms. The number of rotatable bonds is 8. The fraction of sp³-hybridized carbons (Fsp3) is 0.632. The molecular weight excluding hydrogens is 352 g/mol. The molecule has 6 nitrogen and oxygen atoms in total. The Labute approximate surface area is 158 Å². The summed E-state index contributed by atoms with van der Waals surface area (Å²) in [6.07, 6.45) is 1.85. The Morgan fingerprint density at radius 3 is 2.23 bits per heavy atom. The van der Waals surface area contributed by atoms with E-state index in [-0.39, 0.29) is 17.9 Å². The van der Waals surface area contributed by atoms with Crippen LogP contribution in [0.4, 0.5) is 5.69 Å². The highest BCUT2D eigenvalue weighted by Gasteiger charge is 2.29. The number of anilines is 1. The number of sulfonamides is 1. The van der Waals surface area contributed by atoms with Crippen molar-refractivity contribution in [2.45, 2.75) is 53.5 Å². The second-order valence-electron chi connectivity index (χ2n) is 8.34. The predicted molar refractivity (Wildman–Crippen MR) is 106 cm³/mol. The second-order valence-corrected chi connectivity index (χ2v) is 10.2. The summed E-state index contributed by atoms with van der Waals surface area (Å²) in [6.45, 7) is 12.1. The van der Waals surface area contributed by atoms with Gasteiger partial charge in [0.25, 0.3) is 0 Å². The molecule has 0 radical (unpaired) electrons. The summed E-state index contributed by atoms with van der Waals surface area (Å²) < 4.78 is 31.2. The largest absolute Gasteiger partial charge is 0.492 e. The highest BCUT2D eigenvalue weighted by atomic mass is 32.2. The molecule has 0 fully saturated rings. The van der Waals surface area contributed by atoms with Crippen LogP contribution in [0.3, 0.4) is 0 Å². The number of ether oxygens (including phenoxy) is 1. The van der Waals surface area contributed by atoms with Crippen LogP contribution in [0.25, 0.3) is 0 Å². The topological polar surface area (TPSA) is 75.7 Å². The molecule has 0 saturated heterocycles. The molecule has 0 heterocycles. The minimum absolute atomic E-state index is 0.0366. The molecule has 0 atom stereocenters. The van der Waals surface area contributed by atoms with Gasteiger partial charge in [-0.25, -0.2) is 8.42 Å². The number of hydrogen-bond donors (Lipinski definition) is 1. The standard InChI is InChI=1S/C19H32N2O4S/c1-8-25-16-12-10-9-11-15(16)21(26(7,23)24)13-17(22)20-19(5,6)14-18(2,3)4/h9-12H,8,13-14H2,1-7H3,(H,20,22). The van der Waals surface area contributed by atoms with Crippen LogP contribution in [0.2, 0.25) is 0 Å². The van der Waals surface area contributed by atoms with Crippen molar-refractivity contribution < 1.29 is 17.9 Å². The van der Waals surface area contributed by atoms with Crippen molar-refractivity contribution in [3.05, 3.63) is 24.3 Å². The van der Waals surface area contributed by atoms with E-state index in [0.29, 0.717) is 18.0 Å². The molecule has 0 bridgehead atoms. The van der Waals surface area contributed by atoms with Gasteiger partial charge in [-0.2, -0.15) is 0 Å². The van der Waals surface area contributed by atoms with E-state index in [0.717, 1.165) is 17.0 Å². The van der Waals surface area contributed by atoms with E-state index in [4.69, 9.17) is 4.74 Å². The van der Waals surface area contributed by atoms with Gasteiger partial charge in [-0.3, -0.25) is 9.10 Å². The molecule has 1 amide bonds. The molecule has 0 unspecified atom stereocenters. The van der Waals surface area contributed by atoms with Crippen LogP contribution in [-0.4, -0.2) is 39.3 Å². The predicted octanol–water partition coefficient (Wildman–Crippen LogP) is 3.18. The quantitative estimate of drug-likeness (QED) is 0.747. The van der Waals surface area contributed by atoms with Gasteiger partial charge in [-0.05, 0) is 44.7 Å². The van der Waals surface area contributed by atoms with Crippen molar-refractivity contribution in [1.29, 1.82) is 0 Å². The van der Waals surface area contributed by atoms with E-state index < -0.39 is 15.6 Å². The first-order valence-electron chi connectivity index (χ1n) is 8.76. The summed E-state index contributed by atoms with van der Waals surface area (Å²) in [4.78, 5) is 12.6. The first kappa shape index (κ1) is 22.3. The molecule has 1 aromatic carbocycles. The van der Waals surface area contributed by atoms with Crippen LogP contribution >= 0.6 is 0 Å². The van der Waals surface area contributed by atoms with Crippen LogP contribution < -0.4 is 14.4 Å². The lowest BCUT2D eigenvalue weighted by Crippen LogP contribution is -2.50. The summed E-state index contributed by atoms with van der Waals surface area (Å²) in [7, 11) is -3.65. The molecule has 0 aliphatic carbocycles. The number of amides is 1. The van der Waals surface area contributed by atoms with Gasteiger partial charge in [0.2, 0.25) is 15.9 Å². The summed E-state index contributed by atoms with van der Waals surface area (Å²) in [5.41, 5.74) is -0.0482. The van der Waals surface area contributed by atoms with Crippen molar-refractivity contribution >= 4 is 21.6 Å². The summed E-state index contributed by atoms with van der Waals surface area (Å²) in [5, 5.41) is 2.95. The molecule has 0 aromatic heterocycles. The van der Waals surface area contributed by atoms with Crippen molar-refractivity contribution in [3.63, 3.8) is 0 Å². The summed E-state index contributed by atoms with van der Waals surface area (Å²) in [6, 6.07) is 6.82. The van der Waals surface area contributed by atoms with Crippen LogP contribution in [-0.2, 0) is 14.8 Å². The van der Waals surface area contributed by atoms with Crippen molar-refractivity contribution in [3.8, 4) is 5.75 Å². The Balaban J connectivity index is 3.06. The van der Waals surface area contributed by atoms with Crippen molar-refractivity contribution in [1.82, 2.24) is 5.32 Å². The molecule has 1 N–H and O–H groups in total. The molecular formula is C19H32N2O4S. The minimum atomic E-state index is -3.65. The molecule has 7 heteroatoms. The fourth-order valence-electron chi connectivity index (χ4n) is 3.24. The third kappa shape index (κ3) is 7.23. The highest BCUT2D eigenvalue weighted by molar-refractivity contribution is 7.92. The van der Waals surface area contributed by atoms with Gasteiger partial charge in [0.05, 0.1) is 18.6 Å². The SMILES string of the molecule is CCOc1ccccc1N(CC(=O)NC(C)(C)CC(C)(C)C)S(C)(=O)=O. The molecule has 1 aromatic rings. The smallest absolute Gasteiger partial charge is 0.241 e. The lowest BCUT2D eigenvalue weighted by molar-refractivity contribution is -0.121. The van der Waals surface area contributed by atoms with Crippen LogP contribution in [0.15, 0.2) is 24.3 Å². The molecule has 0 saturated carbocycles. The van der Waals surface area contributed by atoms with Crippen LogP contribution in [0.1, 0.15) is 48.0 Å². The number of carbonyl (C=O) groups is 1. The van der Waals surface area contributed by atoms with E-state index in [9.17, 15) is 13.2 Å². The average molecular weight is 385 g/mol. The fourth-order valence-corrected chi connectivity index (χ4v) is 4.10. The second kappa shape index (κ2) is 8.29.